The smallest absolute Gasteiger partial charge is 0.257 e. The van der Waals surface area contributed by atoms with Gasteiger partial charge in [0.2, 0.25) is 10.0 Å². The second-order valence-electron chi connectivity index (χ2n) is 7.92. The summed E-state index contributed by atoms with van der Waals surface area (Å²) in [5, 5.41) is 2.96. The first kappa shape index (κ1) is 25.1. The molecule has 9 nitrogen and oxygen atoms in total. The normalized spacial score (nSPS) is 11.2. The molecule has 0 spiro atoms. The van der Waals surface area contributed by atoms with Crippen LogP contribution in [0, 0.1) is 12.7 Å². The Morgan fingerprint density at radius 3 is 2.69 bits per heavy atom. The van der Waals surface area contributed by atoms with Gasteiger partial charge >= 0.3 is 0 Å². The fourth-order valence-electron chi connectivity index (χ4n) is 3.43. The first-order valence-electron chi connectivity index (χ1n) is 10.5. The topological polar surface area (TPSA) is 115 Å². The number of nitrogens with zero attached hydrogens (tertiary/aromatic N) is 3. The number of pyridine rings is 2. The van der Waals surface area contributed by atoms with Crippen molar-refractivity contribution in [2.24, 2.45) is 0 Å². The molecule has 0 fully saturated rings. The highest BCUT2D eigenvalue weighted by molar-refractivity contribution is 7.92. The standard InChI is InChI=1S/C24H21ClFN5O4S/c1-15-6-17(24(32)29-20-8-18(25)9-21(10-20)30-36(2,33)34)13-31(15)23-22(4-3-5-28-23)35-14-16-7-19(26)12-27-11-16/h3-13,30H,14H2,1-2H3,(H,29,32). The molecule has 0 atom stereocenters. The Kier molecular flexibility index (Phi) is 7.22. The molecule has 3 aromatic heterocycles. The summed E-state index contributed by atoms with van der Waals surface area (Å²) in [4.78, 5) is 21.1. The van der Waals surface area contributed by atoms with Gasteiger partial charge in [0.25, 0.3) is 5.91 Å². The summed E-state index contributed by atoms with van der Waals surface area (Å²) in [5.74, 6) is -0.0217. The summed E-state index contributed by atoms with van der Waals surface area (Å²) in [5.41, 5.74) is 2.13. The van der Waals surface area contributed by atoms with E-state index in [1.807, 2.05) is 0 Å². The first-order valence-corrected chi connectivity index (χ1v) is 12.8. The summed E-state index contributed by atoms with van der Waals surface area (Å²) in [7, 11) is -3.52. The van der Waals surface area contributed by atoms with Gasteiger partial charge in [-0.25, -0.2) is 17.8 Å². The zero-order valence-electron chi connectivity index (χ0n) is 19.2. The number of aryl methyl sites for hydroxylation is 1. The number of ether oxygens (including phenoxy) is 1. The van der Waals surface area contributed by atoms with Gasteiger partial charge < -0.3 is 14.6 Å². The molecule has 0 aliphatic carbocycles. The largest absolute Gasteiger partial charge is 0.485 e. The van der Waals surface area contributed by atoms with Crippen LogP contribution in [0.25, 0.3) is 5.82 Å². The molecule has 1 aromatic carbocycles. The molecule has 4 rings (SSSR count). The number of hydrogen-bond acceptors (Lipinski definition) is 6. The van der Waals surface area contributed by atoms with E-state index in [9.17, 15) is 17.6 Å². The molecule has 0 unspecified atom stereocenters. The Labute approximate surface area is 212 Å². The van der Waals surface area contributed by atoms with Crippen molar-refractivity contribution in [1.29, 1.82) is 0 Å². The molecule has 0 aliphatic rings. The fourth-order valence-corrected chi connectivity index (χ4v) is 4.22. The number of amides is 1. The molecule has 0 radical (unpaired) electrons. The van der Waals surface area contributed by atoms with Crippen molar-refractivity contribution in [3.05, 3.63) is 94.9 Å². The molecule has 1 amide bonds. The van der Waals surface area contributed by atoms with Crippen LogP contribution in [0.15, 0.2) is 67.3 Å². The zero-order chi connectivity index (χ0) is 25.9. The van der Waals surface area contributed by atoms with E-state index < -0.39 is 21.7 Å². The highest BCUT2D eigenvalue weighted by atomic mass is 35.5. The van der Waals surface area contributed by atoms with Gasteiger partial charge in [-0.3, -0.25) is 14.5 Å². The maximum Gasteiger partial charge on any atom is 0.257 e. The Morgan fingerprint density at radius 2 is 1.94 bits per heavy atom. The number of carbonyl (C=O) groups excluding carboxylic acids is 1. The summed E-state index contributed by atoms with van der Waals surface area (Å²) >= 11 is 6.08. The Hall–Kier alpha value is -3.96. The number of halogens is 2. The van der Waals surface area contributed by atoms with Gasteiger partial charge in [-0.05, 0) is 49.4 Å². The van der Waals surface area contributed by atoms with Gasteiger partial charge in [-0.2, -0.15) is 0 Å². The highest BCUT2D eigenvalue weighted by Crippen LogP contribution is 2.26. The molecular formula is C24H21ClFN5O4S. The van der Waals surface area contributed by atoms with Crippen LogP contribution in [-0.2, 0) is 16.6 Å². The van der Waals surface area contributed by atoms with Gasteiger partial charge in [0.05, 0.1) is 23.7 Å². The summed E-state index contributed by atoms with van der Waals surface area (Å²) in [6, 6.07) is 10.8. The first-order chi connectivity index (χ1) is 17.1. The molecule has 0 bridgehead atoms. The molecule has 0 saturated heterocycles. The molecule has 0 saturated carbocycles. The zero-order valence-corrected chi connectivity index (χ0v) is 20.8. The van der Waals surface area contributed by atoms with Gasteiger partial charge in [-0.15, -0.1) is 0 Å². The SMILES string of the molecule is Cc1cc(C(=O)Nc2cc(Cl)cc(NS(C)(=O)=O)c2)cn1-c1ncccc1OCc1cncc(F)c1. The lowest BCUT2D eigenvalue weighted by atomic mass is 10.2. The third kappa shape index (κ3) is 6.37. The van der Waals surface area contributed by atoms with E-state index in [0.717, 1.165) is 12.5 Å². The molecule has 4 aromatic rings. The van der Waals surface area contributed by atoms with Crippen LogP contribution in [0.1, 0.15) is 21.6 Å². The number of carbonyl (C=O) groups is 1. The van der Waals surface area contributed by atoms with E-state index in [1.165, 1.54) is 30.5 Å². The maximum atomic E-state index is 13.4. The molecule has 0 aliphatic heterocycles. The molecule has 2 N–H and O–H groups in total. The lowest BCUT2D eigenvalue weighted by molar-refractivity contribution is 0.102. The maximum absolute atomic E-state index is 13.4. The molecule has 3 heterocycles. The van der Waals surface area contributed by atoms with Gasteiger partial charge in [0.15, 0.2) is 11.6 Å². The second-order valence-corrected chi connectivity index (χ2v) is 10.1. The number of hydrogen-bond donors (Lipinski definition) is 2. The second kappa shape index (κ2) is 10.3. The van der Waals surface area contributed by atoms with Crippen molar-refractivity contribution < 1.29 is 22.3 Å². The van der Waals surface area contributed by atoms with Crippen LogP contribution in [0.3, 0.4) is 0 Å². The average Bonchev–Trinajstić information content (AvgIpc) is 3.18. The van der Waals surface area contributed by atoms with Crippen LogP contribution in [0.4, 0.5) is 15.8 Å². The Bertz CT molecular complexity index is 1540. The predicted molar refractivity (Wildman–Crippen MR) is 135 cm³/mol. The minimum absolute atomic E-state index is 0.0791. The van der Waals surface area contributed by atoms with Crippen LogP contribution >= 0.6 is 11.6 Å². The van der Waals surface area contributed by atoms with E-state index in [4.69, 9.17) is 16.3 Å². The van der Waals surface area contributed by atoms with E-state index >= 15 is 0 Å². The summed E-state index contributed by atoms with van der Waals surface area (Å²) < 4.78 is 46.4. The van der Waals surface area contributed by atoms with Crippen LogP contribution < -0.4 is 14.8 Å². The van der Waals surface area contributed by atoms with E-state index in [1.54, 1.807) is 42.1 Å². The van der Waals surface area contributed by atoms with Gasteiger partial charge in [0, 0.05) is 40.6 Å². The minimum Gasteiger partial charge on any atom is -0.485 e. The van der Waals surface area contributed by atoms with E-state index in [2.05, 4.69) is 20.0 Å². The van der Waals surface area contributed by atoms with Crippen LogP contribution in [0.5, 0.6) is 5.75 Å². The Morgan fingerprint density at radius 1 is 1.17 bits per heavy atom. The summed E-state index contributed by atoms with van der Waals surface area (Å²) in [6.07, 6.45) is 6.83. The van der Waals surface area contributed by atoms with Crippen molar-refractivity contribution in [3.63, 3.8) is 0 Å². The van der Waals surface area contributed by atoms with Crippen LogP contribution in [0.2, 0.25) is 5.02 Å². The molecule has 186 valence electrons. The molecule has 12 heteroatoms. The molecule has 36 heavy (non-hydrogen) atoms. The number of anilines is 2. The average molecular weight is 530 g/mol. The van der Waals surface area contributed by atoms with Crippen molar-refractivity contribution in [2.45, 2.75) is 13.5 Å². The van der Waals surface area contributed by atoms with Crippen molar-refractivity contribution in [2.75, 3.05) is 16.3 Å². The highest BCUT2D eigenvalue weighted by Gasteiger charge is 2.16. The monoisotopic (exact) mass is 529 g/mol. The number of benzene rings is 1. The number of aromatic nitrogens is 3. The predicted octanol–water partition coefficient (Wildman–Crippen LogP) is 4.57. The summed E-state index contributed by atoms with van der Waals surface area (Å²) in [6.45, 7) is 1.88. The fraction of sp³-hybridized carbons (Fsp3) is 0.125. The number of rotatable bonds is 8. The lowest BCUT2D eigenvalue weighted by Crippen LogP contribution is -2.13. The number of sulfonamides is 1. The van der Waals surface area contributed by atoms with Gasteiger partial charge in [0.1, 0.15) is 12.4 Å². The minimum atomic E-state index is -3.52. The van der Waals surface area contributed by atoms with Crippen molar-refractivity contribution >= 4 is 38.9 Å². The Balaban J connectivity index is 1.55. The lowest BCUT2D eigenvalue weighted by Gasteiger charge is -2.12. The van der Waals surface area contributed by atoms with E-state index in [0.29, 0.717) is 34.1 Å². The number of nitrogens with one attached hydrogen (secondary N) is 2. The van der Waals surface area contributed by atoms with Crippen molar-refractivity contribution in [3.8, 4) is 11.6 Å². The van der Waals surface area contributed by atoms with E-state index in [-0.39, 0.29) is 17.3 Å². The van der Waals surface area contributed by atoms with Crippen LogP contribution in [-0.4, -0.2) is 35.1 Å². The van der Waals surface area contributed by atoms with Gasteiger partial charge in [-0.1, -0.05) is 11.6 Å². The third-order valence-electron chi connectivity index (χ3n) is 4.87. The molecular weight excluding hydrogens is 509 g/mol. The quantitative estimate of drug-likeness (QED) is 0.345. The third-order valence-corrected chi connectivity index (χ3v) is 5.69. The van der Waals surface area contributed by atoms with Crippen molar-refractivity contribution in [1.82, 2.24) is 14.5 Å².